The number of benzene rings is 2. The molecule has 0 radical (unpaired) electrons. The Balaban J connectivity index is 1.23. The molecule has 2 fully saturated rings. The molecule has 2 aliphatic rings. The van der Waals surface area contributed by atoms with Crippen LogP contribution in [0.2, 0.25) is 0 Å². The third kappa shape index (κ3) is 8.31. The fourth-order valence-corrected chi connectivity index (χ4v) is 4.66. The van der Waals surface area contributed by atoms with E-state index in [1.807, 2.05) is 0 Å². The first kappa shape index (κ1) is 31.9. The van der Waals surface area contributed by atoms with Crippen molar-refractivity contribution < 1.29 is 39.4 Å². The van der Waals surface area contributed by atoms with Crippen LogP contribution in [0.15, 0.2) is 46.9 Å². The first-order valence-corrected chi connectivity index (χ1v) is 13.2. The highest BCUT2D eigenvalue weighted by Gasteiger charge is 2.29. The van der Waals surface area contributed by atoms with E-state index in [0.717, 1.165) is 24.3 Å². The monoisotopic (exact) mass is 635 g/mol. The number of piperidine rings is 1. The molecular formula is C22H25N11O12. The predicted molar refractivity (Wildman–Crippen MR) is 145 cm³/mol. The highest BCUT2D eigenvalue weighted by molar-refractivity contribution is 5.54. The van der Waals surface area contributed by atoms with E-state index in [1.54, 1.807) is 0 Å². The van der Waals surface area contributed by atoms with Gasteiger partial charge in [0.2, 0.25) is 11.0 Å². The molecule has 0 bridgehead atoms. The molecular weight excluding hydrogens is 610 g/mol. The van der Waals surface area contributed by atoms with Crippen LogP contribution in [0, 0.1) is 56.8 Å². The van der Waals surface area contributed by atoms with Crippen molar-refractivity contribution in [3.05, 3.63) is 87.3 Å². The van der Waals surface area contributed by atoms with E-state index in [-0.39, 0.29) is 15.9 Å². The van der Waals surface area contributed by atoms with Gasteiger partial charge in [0.1, 0.15) is 24.1 Å². The molecule has 45 heavy (non-hydrogen) atoms. The van der Waals surface area contributed by atoms with Gasteiger partial charge in [-0.15, -0.1) is 5.01 Å². The largest absolute Gasteiger partial charge is 0.569 e. The molecule has 2 aromatic carbocycles. The summed E-state index contributed by atoms with van der Waals surface area (Å²) in [4.78, 5) is 52.9. The van der Waals surface area contributed by atoms with Crippen LogP contribution in [0.5, 0.6) is 11.5 Å². The summed E-state index contributed by atoms with van der Waals surface area (Å²) in [7, 11) is 0. The van der Waals surface area contributed by atoms with Gasteiger partial charge in [-0.25, -0.2) is 0 Å². The van der Waals surface area contributed by atoms with Gasteiger partial charge >= 0.3 is 5.69 Å². The fraction of sp³-hybridized carbons (Fsp3) is 0.455. The van der Waals surface area contributed by atoms with Crippen molar-refractivity contribution in [3.8, 4) is 11.5 Å². The molecule has 0 N–H and O–H groups in total. The van der Waals surface area contributed by atoms with Gasteiger partial charge < -0.3 is 15.3 Å². The molecule has 0 aromatic heterocycles. The second-order valence-electron chi connectivity index (χ2n) is 9.83. The van der Waals surface area contributed by atoms with E-state index in [2.05, 4.69) is 15.4 Å². The summed E-state index contributed by atoms with van der Waals surface area (Å²) in [5.41, 5.74) is -2.52. The third-order valence-electron chi connectivity index (χ3n) is 6.98. The Morgan fingerprint density at radius 1 is 0.711 bits per heavy atom. The fourth-order valence-electron chi connectivity index (χ4n) is 4.66. The first-order chi connectivity index (χ1) is 21.4. The summed E-state index contributed by atoms with van der Waals surface area (Å²) in [6.45, 7) is 3.15. The smallest absolute Gasteiger partial charge is 0.321 e. The average molecular weight is 636 g/mol. The lowest BCUT2D eigenvalue weighted by atomic mass is 9.97. The molecule has 2 saturated heterocycles. The molecule has 0 saturated carbocycles. The van der Waals surface area contributed by atoms with E-state index in [0.29, 0.717) is 70.8 Å². The van der Waals surface area contributed by atoms with Crippen molar-refractivity contribution in [1.82, 2.24) is 14.9 Å². The molecule has 0 aliphatic carbocycles. The standard InChI is InChI=1S/C22H25N11O12/c34-28(35)17-1-3-21(19(13-17)30(38)39)44-24-32(42)27-7-5-16(6-8-27)15-25-9-11-26(12-10-25)23-33(43)45-22-4-2-18(29(36)37)14-20(22)31(40)41/h1-4,13-14,16H,5-12,15H2/b32-24-,33-23+. The quantitative estimate of drug-likeness (QED) is 0.140. The second kappa shape index (κ2) is 14.0. The summed E-state index contributed by atoms with van der Waals surface area (Å²) >= 11 is 0. The minimum atomic E-state index is -0.910. The number of hydrogen-bond acceptors (Lipinski definition) is 15. The van der Waals surface area contributed by atoms with Crippen LogP contribution in [0.1, 0.15) is 12.8 Å². The van der Waals surface area contributed by atoms with Crippen molar-refractivity contribution in [2.75, 3.05) is 45.8 Å². The zero-order chi connectivity index (χ0) is 32.7. The van der Waals surface area contributed by atoms with E-state index in [4.69, 9.17) is 9.68 Å². The number of nitro benzene ring substituents is 4. The molecule has 2 heterocycles. The minimum Gasteiger partial charge on any atom is -0.569 e. The van der Waals surface area contributed by atoms with Gasteiger partial charge in [-0.05, 0) is 30.9 Å². The molecule has 0 spiro atoms. The molecule has 0 amide bonds. The van der Waals surface area contributed by atoms with Crippen molar-refractivity contribution in [1.29, 1.82) is 0 Å². The molecule has 23 heteroatoms. The Kier molecular flexibility index (Phi) is 9.92. The summed E-state index contributed by atoms with van der Waals surface area (Å²) in [5.74, 6) is -0.693. The van der Waals surface area contributed by atoms with Crippen molar-refractivity contribution in [2.24, 2.45) is 16.4 Å². The van der Waals surface area contributed by atoms with Gasteiger partial charge in [-0.1, -0.05) is 0 Å². The van der Waals surface area contributed by atoms with Crippen LogP contribution in [0.3, 0.4) is 0 Å². The summed E-state index contributed by atoms with van der Waals surface area (Å²) in [5, 5.41) is 78.4. The van der Waals surface area contributed by atoms with Crippen molar-refractivity contribution in [3.63, 3.8) is 0 Å². The highest BCUT2D eigenvalue weighted by Crippen LogP contribution is 2.32. The summed E-state index contributed by atoms with van der Waals surface area (Å²) < 4.78 is 0. The number of hydrogen-bond donors (Lipinski definition) is 0. The van der Waals surface area contributed by atoms with Crippen LogP contribution in [0.25, 0.3) is 0 Å². The lowest BCUT2D eigenvalue weighted by Gasteiger charge is -2.34. The Morgan fingerprint density at radius 3 is 1.78 bits per heavy atom. The summed E-state index contributed by atoms with van der Waals surface area (Å²) in [6.07, 6.45) is 1.26. The van der Waals surface area contributed by atoms with Gasteiger partial charge in [0, 0.05) is 31.8 Å². The number of rotatable bonds is 12. The van der Waals surface area contributed by atoms with E-state index < -0.39 is 53.9 Å². The third-order valence-corrected chi connectivity index (χ3v) is 6.98. The second-order valence-corrected chi connectivity index (χ2v) is 9.83. The Morgan fingerprint density at radius 2 is 1.24 bits per heavy atom. The molecule has 4 rings (SSSR count). The maximum absolute atomic E-state index is 12.4. The SMILES string of the molecule is O=[N+]([O-])c1ccc(O/N=[N+](\[O-])N2CCC(CN3CCN(/N=[N+](\[O-])Oc4ccc([N+](=O)[O-])cc4[N+](=O)[O-])CC3)CC2)c([N+](=O)[O-])c1. The molecule has 2 aliphatic heterocycles. The Bertz CT molecular complexity index is 1520. The number of nitrogens with zero attached hydrogens (tertiary/aromatic N) is 11. The van der Waals surface area contributed by atoms with Crippen molar-refractivity contribution in [2.45, 2.75) is 12.8 Å². The van der Waals surface area contributed by atoms with E-state index in [1.165, 1.54) is 10.0 Å². The van der Waals surface area contributed by atoms with Gasteiger partial charge in [-0.2, -0.15) is 5.01 Å². The first-order valence-electron chi connectivity index (χ1n) is 13.2. The minimum absolute atomic E-state index is 0.184. The molecule has 0 unspecified atom stereocenters. The predicted octanol–water partition coefficient (Wildman–Crippen LogP) is 2.69. The van der Waals surface area contributed by atoms with Crippen LogP contribution < -0.4 is 9.68 Å². The maximum Gasteiger partial charge on any atom is 0.321 e. The van der Waals surface area contributed by atoms with E-state index in [9.17, 15) is 50.9 Å². The highest BCUT2D eigenvalue weighted by atomic mass is 16.9. The van der Waals surface area contributed by atoms with Gasteiger partial charge in [0.05, 0.1) is 54.9 Å². The number of nitro groups is 4. The average Bonchev–Trinajstić information content (AvgIpc) is 3.01. The number of non-ortho nitro benzene ring substituents is 2. The van der Waals surface area contributed by atoms with Crippen LogP contribution in [-0.4, -0.2) is 90.4 Å². The lowest BCUT2D eigenvalue weighted by molar-refractivity contribution is -0.756. The zero-order valence-corrected chi connectivity index (χ0v) is 23.2. The maximum atomic E-state index is 12.4. The summed E-state index contributed by atoms with van der Waals surface area (Å²) in [6, 6.07) is 5.27. The van der Waals surface area contributed by atoms with Crippen LogP contribution in [-0.2, 0) is 0 Å². The topological polar surface area (TPSA) is 278 Å². The van der Waals surface area contributed by atoms with Gasteiger partial charge in [0.15, 0.2) is 0 Å². The molecule has 2 aromatic rings. The normalized spacial score (nSPS) is 16.7. The van der Waals surface area contributed by atoms with Gasteiger partial charge in [-0.3, -0.25) is 50.2 Å². The van der Waals surface area contributed by atoms with Crippen LogP contribution >= 0.6 is 0 Å². The zero-order valence-electron chi connectivity index (χ0n) is 23.2. The van der Waals surface area contributed by atoms with Crippen molar-refractivity contribution >= 4 is 22.7 Å². The Labute approximate surface area is 251 Å². The molecule has 240 valence electrons. The molecule has 23 nitrogen and oxygen atoms in total. The number of piperazine rings is 1. The molecule has 0 atom stereocenters. The van der Waals surface area contributed by atoms with Gasteiger partial charge in [0.25, 0.3) is 17.1 Å². The lowest BCUT2D eigenvalue weighted by Crippen LogP contribution is -2.48. The Hall–Kier alpha value is -6.00. The van der Waals surface area contributed by atoms with E-state index >= 15 is 0 Å². The van der Waals surface area contributed by atoms with Crippen LogP contribution in [0.4, 0.5) is 22.7 Å². The number of hydrazine groups is 1.